The lowest BCUT2D eigenvalue weighted by molar-refractivity contribution is -0.172. The summed E-state index contributed by atoms with van der Waals surface area (Å²) >= 11 is 1.21. The molecule has 1 aliphatic heterocycles. The Morgan fingerprint density at radius 2 is 2.32 bits per heavy atom. The summed E-state index contributed by atoms with van der Waals surface area (Å²) in [6.07, 6.45) is -4.53. The van der Waals surface area contributed by atoms with Gasteiger partial charge in [0.25, 0.3) is 0 Å². The molecule has 0 bridgehead atoms. The molecule has 0 saturated carbocycles. The Morgan fingerprint density at radius 3 is 2.84 bits per heavy atom. The third-order valence-electron chi connectivity index (χ3n) is 2.62. The van der Waals surface area contributed by atoms with Gasteiger partial charge in [-0.25, -0.2) is 4.79 Å². The highest BCUT2D eigenvalue weighted by atomic mass is 32.1. The predicted molar refractivity (Wildman–Crippen MR) is 63.4 cm³/mol. The Kier molecular flexibility index (Phi) is 3.84. The number of halogens is 3. The van der Waals surface area contributed by atoms with Crippen LogP contribution in [0.1, 0.15) is 11.8 Å². The molecule has 0 aliphatic carbocycles. The Morgan fingerprint density at radius 1 is 1.58 bits per heavy atom. The highest BCUT2D eigenvalue weighted by Crippen LogP contribution is 2.43. The molecule has 1 aromatic rings. The first-order valence-corrected chi connectivity index (χ1v) is 6.47. The van der Waals surface area contributed by atoms with E-state index < -0.39 is 30.2 Å². The van der Waals surface area contributed by atoms with Crippen LogP contribution in [0, 0.1) is 5.92 Å². The maximum atomic E-state index is 12.9. The van der Waals surface area contributed by atoms with Gasteiger partial charge < -0.3 is 9.47 Å². The molecule has 1 unspecified atom stereocenters. The van der Waals surface area contributed by atoms with E-state index in [4.69, 9.17) is 9.47 Å². The summed E-state index contributed by atoms with van der Waals surface area (Å²) in [7, 11) is 0. The second-order valence-electron chi connectivity index (χ2n) is 3.85. The van der Waals surface area contributed by atoms with Crippen molar-refractivity contribution in [1.82, 2.24) is 0 Å². The van der Waals surface area contributed by atoms with E-state index in [0.29, 0.717) is 4.88 Å². The monoisotopic (exact) mass is 292 g/mol. The van der Waals surface area contributed by atoms with E-state index in [1.807, 2.05) is 0 Å². The van der Waals surface area contributed by atoms with E-state index in [1.165, 1.54) is 11.3 Å². The van der Waals surface area contributed by atoms with E-state index >= 15 is 0 Å². The van der Waals surface area contributed by atoms with Crippen LogP contribution in [0.15, 0.2) is 23.1 Å². The molecular formula is C12H11F3O3S. The van der Waals surface area contributed by atoms with Crippen molar-refractivity contribution in [2.45, 2.75) is 13.1 Å². The van der Waals surface area contributed by atoms with E-state index in [-0.39, 0.29) is 12.4 Å². The van der Waals surface area contributed by atoms with Gasteiger partial charge in [-0.2, -0.15) is 13.2 Å². The molecule has 7 heteroatoms. The number of alkyl halides is 3. The predicted octanol–water partition coefficient (Wildman–Crippen LogP) is 3.23. The van der Waals surface area contributed by atoms with Crippen molar-refractivity contribution < 1.29 is 27.4 Å². The molecule has 3 nitrogen and oxygen atoms in total. The third kappa shape index (κ3) is 2.75. The minimum absolute atomic E-state index is 0.0178. The van der Waals surface area contributed by atoms with Crippen LogP contribution in [0.25, 0.3) is 5.76 Å². The van der Waals surface area contributed by atoms with Gasteiger partial charge in [0.1, 0.15) is 18.3 Å². The zero-order chi connectivity index (χ0) is 14.0. The first-order chi connectivity index (χ1) is 8.95. The molecule has 0 radical (unpaired) electrons. The van der Waals surface area contributed by atoms with Gasteiger partial charge in [-0.05, 0) is 18.4 Å². The smallest absolute Gasteiger partial charge is 0.399 e. The zero-order valence-corrected chi connectivity index (χ0v) is 10.8. The van der Waals surface area contributed by atoms with Crippen LogP contribution < -0.4 is 0 Å². The standard InChI is InChI=1S/C12H11F3O3S/c1-2-17-11(16)9-7(12(13,14)15)6-18-10(9)8-4-3-5-19-8/h3-5,7H,2,6H2,1H3. The molecule has 0 saturated heterocycles. The highest BCUT2D eigenvalue weighted by molar-refractivity contribution is 7.11. The molecule has 1 aromatic heterocycles. The fourth-order valence-corrected chi connectivity index (χ4v) is 2.54. The van der Waals surface area contributed by atoms with Crippen molar-refractivity contribution in [2.24, 2.45) is 5.92 Å². The number of hydrogen-bond donors (Lipinski definition) is 0. The van der Waals surface area contributed by atoms with Crippen LogP contribution in [-0.2, 0) is 14.3 Å². The van der Waals surface area contributed by atoms with Crippen molar-refractivity contribution in [3.8, 4) is 0 Å². The van der Waals surface area contributed by atoms with Gasteiger partial charge in [0.2, 0.25) is 0 Å². The van der Waals surface area contributed by atoms with Crippen molar-refractivity contribution in [1.29, 1.82) is 0 Å². The van der Waals surface area contributed by atoms with Gasteiger partial charge in [-0.3, -0.25) is 0 Å². The normalized spacial score (nSPS) is 19.5. The van der Waals surface area contributed by atoms with E-state index in [0.717, 1.165) is 0 Å². The molecule has 0 aromatic carbocycles. The Bertz CT molecular complexity index is 491. The summed E-state index contributed by atoms with van der Waals surface area (Å²) in [5.41, 5.74) is -0.434. The molecule has 0 amide bonds. The van der Waals surface area contributed by atoms with Crippen LogP contribution in [0.5, 0.6) is 0 Å². The summed E-state index contributed by atoms with van der Waals surface area (Å²) in [5, 5.41) is 1.70. The quantitative estimate of drug-likeness (QED) is 0.802. The van der Waals surface area contributed by atoms with E-state index in [9.17, 15) is 18.0 Å². The second kappa shape index (κ2) is 5.24. The number of carbonyl (C=O) groups excluding carboxylic acids is 1. The highest BCUT2D eigenvalue weighted by Gasteiger charge is 2.50. The van der Waals surface area contributed by atoms with Gasteiger partial charge in [0.05, 0.1) is 17.1 Å². The molecule has 2 rings (SSSR count). The van der Waals surface area contributed by atoms with Gasteiger partial charge in [-0.15, -0.1) is 11.3 Å². The zero-order valence-electron chi connectivity index (χ0n) is 9.99. The second-order valence-corrected chi connectivity index (χ2v) is 4.79. The topological polar surface area (TPSA) is 35.5 Å². The Hall–Kier alpha value is -1.50. The molecule has 0 fully saturated rings. The van der Waals surface area contributed by atoms with E-state index in [1.54, 1.807) is 24.4 Å². The lowest BCUT2D eigenvalue weighted by atomic mass is 10.00. The molecule has 0 spiro atoms. The molecular weight excluding hydrogens is 281 g/mol. The Balaban J connectivity index is 2.44. The molecule has 1 aliphatic rings. The van der Waals surface area contributed by atoms with Crippen LogP contribution in [0.3, 0.4) is 0 Å². The van der Waals surface area contributed by atoms with Crippen molar-refractivity contribution >= 4 is 23.1 Å². The summed E-state index contributed by atoms with van der Waals surface area (Å²) in [6, 6.07) is 3.29. The van der Waals surface area contributed by atoms with Crippen LogP contribution in [0.4, 0.5) is 13.2 Å². The van der Waals surface area contributed by atoms with E-state index in [2.05, 4.69) is 0 Å². The van der Waals surface area contributed by atoms with Gasteiger partial charge in [-0.1, -0.05) is 6.07 Å². The first kappa shape index (κ1) is 13.9. The van der Waals surface area contributed by atoms with Gasteiger partial charge in [0, 0.05) is 0 Å². The fourth-order valence-electron chi connectivity index (χ4n) is 1.80. The first-order valence-electron chi connectivity index (χ1n) is 5.59. The molecule has 104 valence electrons. The van der Waals surface area contributed by atoms with Gasteiger partial charge in [0.15, 0.2) is 0 Å². The third-order valence-corrected chi connectivity index (χ3v) is 3.49. The number of carbonyl (C=O) groups is 1. The summed E-state index contributed by atoms with van der Waals surface area (Å²) in [6.45, 7) is 0.983. The summed E-state index contributed by atoms with van der Waals surface area (Å²) < 4.78 is 48.5. The van der Waals surface area contributed by atoms with Crippen molar-refractivity contribution in [3.05, 3.63) is 28.0 Å². The van der Waals surface area contributed by atoms with Crippen LogP contribution in [0.2, 0.25) is 0 Å². The Labute approximate surface area is 111 Å². The summed E-state index contributed by atoms with van der Waals surface area (Å²) in [4.78, 5) is 12.2. The summed E-state index contributed by atoms with van der Waals surface area (Å²) in [5.74, 6) is -2.91. The minimum atomic E-state index is -4.53. The molecule has 0 N–H and O–H groups in total. The number of thiophene rings is 1. The lowest BCUT2D eigenvalue weighted by Crippen LogP contribution is -2.29. The number of esters is 1. The lowest BCUT2D eigenvalue weighted by Gasteiger charge is -2.15. The van der Waals surface area contributed by atoms with Crippen LogP contribution in [-0.4, -0.2) is 25.4 Å². The number of hydrogen-bond acceptors (Lipinski definition) is 4. The van der Waals surface area contributed by atoms with Crippen molar-refractivity contribution in [3.63, 3.8) is 0 Å². The van der Waals surface area contributed by atoms with Crippen LogP contribution >= 0.6 is 11.3 Å². The number of ether oxygens (including phenoxy) is 2. The average Bonchev–Trinajstić information content (AvgIpc) is 2.97. The van der Waals surface area contributed by atoms with Gasteiger partial charge >= 0.3 is 12.1 Å². The SMILES string of the molecule is CCOC(=O)C1=C(c2cccs2)OCC1C(F)(F)F. The minimum Gasteiger partial charge on any atom is -0.491 e. The maximum absolute atomic E-state index is 12.9. The average molecular weight is 292 g/mol. The maximum Gasteiger partial charge on any atom is 0.399 e. The van der Waals surface area contributed by atoms with Crippen molar-refractivity contribution in [2.75, 3.05) is 13.2 Å². The number of rotatable bonds is 3. The fraction of sp³-hybridized carbons (Fsp3) is 0.417. The molecule has 19 heavy (non-hydrogen) atoms. The largest absolute Gasteiger partial charge is 0.491 e. The molecule has 1 atom stereocenters. The molecule has 2 heterocycles.